The summed E-state index contributed by atoms with van der Waals surface area (Å²) < 4.78 is 0.809. The number of benzene rings is 1. The van der Waals surface area contributed by atoms with E-state index in [1.807, 2.05) is 13.0 Å². The first-order valence-electron chi connectivity index (χ1n) is 6.41. The number of hydrogen-bond acceptors (Lipinski definition) is 4. The fourth-order valence-electron chi connectivity index (χ4n) is 1.77. The van der Waals surface area contributed by atoms with Crippen LogP contribution in [0.1, 0.15) is 24.6 Å². The summed E-state index contributed by atoms with van der Waals surface area (Å²) in [4.78, 5) is 19.7. The second-order valence-electron chi connectivity index (χ2n) is 4.45. The molecule has 0 aliphatic carbocycles. The molecule has 1 aromatic carbocycles. The van der Waals surface area contributed by atoms with Crippen molar-refractivity contribution in [1.29, 1.82) is 5.41 Å². The lowest BCUT2D eigenvalue weighted by molar-refractivity contribution is 0.816. The Bertz CT molecular complexity index is 729. The third-order valence-corrected chi connectivity index (χ3v) is 4.61. The van der Waals surface area contributed by atoms with Gasteiger partial charge in [0.25, 0.3) is 5.56 Å². The number of rotatable bonds is 5. The third kappa shape index (κ3) is 4.18. The summed E-state index contributed by atoms with van der Waals surface area (Å²) in [5, 5.41) is 7.97. The van der Waals surface area contributed by atoms with Crippen LogP contribution in [0.2, 0.25) is 0 Å². The van der Waals surface area contributed by atoms with Crippen molar-refractivity contribution in [1.82, 2.24) is 9.97 Å². The van der Waals surface area contributed by atoms with Crippen molar-refractivity contribution in [3.8, 4) is 0 Å². The Morgan fingerprint density at radius 2 is 2.24 bits per heavy atom. The normalized spacial score (nSPS) is 10.6. The van der Waals surface area contributed by atoms with Gasteiger partial charge in [0.15, 0.2) is 5.16 Å². The van der Waals surface area contributed by atoms with Crippen molar-refractivity contribution in [2.24, 2.45) is 5.73 Å². The number of aryl methyl sites for hydroxylation is 1. The summed E-state index contributed by atoms with van der Waals surface area (Å²) in [5.74, 6) is 0.0173. The van der Waals surface area contributed by atoms with Crippen LogP contribution in [0.15, 0.2) is 43.6 Å². The predicted octanol–water partition coefficient (Wildman–Crippen LogP) is 2.92. The van der Waals surface area contributed by atoms with Crippen LogP contribution < -0.4 is 11.3 Å². The lowest BCUT2D eigenvalue weighted by Crippen LogP contribution is -2.11. The number of H-pyrrole nitrogens is 1. The maximum Gasteiger partial charge on any atom is 0.251 e. The zero-order chi connectivity index (χ0) is 15.4. The highest BCUT2D eigenvalue weighted by molar-refractivity contribution is 9.10. The van der Waals surface area contributed by atoms with Crippen molar-refractivity contribution in [2.45, 2.75) is 29.8 Å². The number of halogens is 1. The Morgan fingerprint density at radius 3 is 2.86 bits per heavy atom. The lowest BCUT2D eigenvalue weighted by atomic mass is 10.2. The van der Waals surface area contributed by atoms with Gasteiger partial charge in [0.2, 0.25) is 0 Å². The van der Waals surface area contributed by atoms with Crippen LogP contribution in [-0.4, -0.2) is 15.8 Å². The number of aromatic nitrogens is 2. The molecule has 1 aromatic heterocycles. The van der Waals surface area contributed by atoms with E-state index in [9.17, 15) is 4.79 Å². The largest absolute Gasteiger partial charge is 0.384 e. The fourth-order valence-corrected chi connectivity index (χ4v) is 3.21. The number of aromatic amines is 1. The molecule has 0 radical (unpaired) electrons. The SMILES string of the molecule is CCCc1cc(=O)[nH]c(Sc2ccc(C(=N)N)cc2Br)n1. The minimum Gasteiger partial charge on any atom is -0.384 e. The molecule has 2 rings (SSSR count). The molecule has 110 valence electrons. The average molecular weight is 367 g/mol. The molecular weight excluding hydrogens is 352 g/mol. The molecule has 7 heteroatoms. The smallest absolute Gasteiger partial charge is 0.251 e. The van der Waals surface area contributed by atoms with E-state index in [4.69, 9.17) is 11.1 Å². The summed E-state index contributed by atoms with van der Waals surface area (Å²) in [5.41, 5.74) is 6.75. The van der Waals surface area contributed by atoms with Crippen molar-refractivity contribution < 1.29 is 0 Å². The highest BCUT2D eigenvalue weighted by Gasteiger charge is 2.08. The molecule has 1 heterocycles. The van der Waals surface area contributed by atoms with Gasteiger partial charge in [-0.1, -0.05) is 31.2 Å². The molecule has 0 amide bonds. The van der Waals surface area contributed by atoms with Crippen LogP contribution in [0.5, 0.6) is 0 Å². The summed E-state index contributed by atoms with van der Waals surface area (Å²) >= 11 is 4.81. The molecule has 5 nitrogen and oxygen atoms in total. The molecular formula is C14H15BrN4OS. The van der Waals surface area contributed by atoms with E-state index in [0.29, 0.717) is 10.7 Å². The topological polar surface area (TPSA) is 95.6 Å². The summed E-state index contributed by atoms with van der Waals surface area (Å²) in [6.45, 7) is 2.05. The lowest BCUT2D eigenvalue weighted by Gasteiger charge is -2.07. The molecule has 0 saturated heterocycles. The van der Waals surface area contributed by atoms with Crippen LogP contribution in [0, 0.1) is 5.41 Å². The van der Waals surface area contributed by atoms with Crippen molar-refractivity contribution >= 4 is 33.5 Å². The van der Waals surface area contributed by atoms with Crippen LogP contribution in [0.25, 0.3) is 0 Å². The number of hydrogen-bond donors (Lipinski definition) is 3. The second kappa shape index (κ2) is 6.91. The van der Waals surface area contributed by atoms with Crippen LogP contribution in [0.3, 0.4) is 0 Å². The van der Waals surface area contributed by atoms with Gasteiger partial charge in [-0.2, -0.15) is 0 Å². The summed E-state index contributed by atoms with van der Waals surface area (Å²) in [7, 11) is 0. The highest BCUT2D eigenvalue weighted by Crippen LogP contribution is 2.31. The number of nitrogen functional groups attached to an aromatic ring is 1. The maximum absolute atomic E-state index is 11.6. The first kappa shape index (κ1) is 15.8. The predicted molar refractivity (Wildman–Crippen MR) is 88.1 cm³/mol. The van der Waals surface area contributed by atoms with Crippen molar-refractivity contribution in [3.63, 3.8) is 0 Å². The fraction of sp³-hybridized carbons (Fsp3) is 0.214. The van der Waals surface area contributed by atoms with E-state index in [1.54, 1.807) is 12.1 Å². The molecule has 0 fully saturated rings. The zero-order valence-electron chi connectivity index (χ0n) is 11.4. The zero-order valence-corrected chi connectivity index (χ0v) is 13.8. The minimum atomic E-state index is -0.146. The molecule has 2 aromatic rings. The van der Waals surface area contributed by atoms with Gasteiger partial charge >= 0.3 is 0 Å². The van der Waals surface area contributed by atoms with Gasteiger partial charge in [-0.15, -0.1) is 0 Å². The maximum atomic E-state index is 11.6. The quantitative estimate of drug-likeness (QED) is 0.430. The molecule has 0 spiro atoms. The number of nitrogens with two attached hydrogens (primary N) is 1. The van der Waals surface area contributed by atoms with Gasteiger partial charge < -0.3 is 10.7 Å². The standard InChI is InChI=1S/C14H15BrN4OS/c1-2-3-9-7-12(20)19-14(18-9)21-11-5-4-8(13(16)17)6-10(11)15/h4-7H,2-3H2,1H3,(H3,16,17)(H,18,19,20). The molecule has 0 bridgehead atoms. The molecule has 0 unspecified atom stereocenters. The van der Waals surface area contributed by atoms with E-state index >= 15 is 0 Å². The van der Waals surface area contributed by atoms with E-state index in [0.717, 1.165) is 27.9 Å². The monoisotopic (exact) mass is 366 g/mol. The van der Waals surface area contributed by atoms with Crippen molar-refractivity contribution in [2.75, 3.05) is 0 Å². The Morgan fingerprint density at radius 1 is 1.48 bits per heavy atom. The minimum absolute atomic E-state index is 0.0173. The number of nitrogens with zero attached hydrogens (tertiary/aromatic N) is 1. The van der Waals surface area contributed by atoms with Gasteiger partial charge in [0, 0.05) is 26.7 Å². The van der Waals surface area contributed by atoms with Gasteiger partial charge in [-0.25, -0.2) is 4.98 Å². The van der Waals surface area contributed by atoms with E-state index < -0.39 is 0 Å². The van der Waals surface area contributed by atoms with Crippen LogP contribution >= 0.6 is 27.7 Å². The molecule has 4 N–H and O–H groups in total. The first-order valence-corrected chi connectivity index (χ1v) is 8.02. The van der Waals surface area contributed by atoms with Crippen LogP contribution in [-0.2, 0) is 6.42 Å². The Labute approximate surface area is 135 Å². The van der Waals surface area contributed by atoms with Gasteiger partial charge in [-0.3, -0.25) is 10.2 Å². The van der Waals surface area contributed by atoms with Gasteiger partial charge in [-0.05, 0) is 34.5 Å². The van der Waals surface area contributed by atoms with Crippen LogP contribution in [0.4, 0.5) is 0 Å². The molecule has 0 saturated carbocycles. The number of nitrogens with one attached hydrogen (secondary N) is 2. The van der Waals surface area contributed by atoms with E-state index in [-0.39, 0.29) is 11.4 Å². The average Bonchev–Trinajstić information content (AvgIpc) is 2.40. The van der Waals surface area contributed by atoms with E-state index in [1.165, 1.54) is 17.8 Å². The Balaban J connectivity index is 2.29. The van der Waals surface area contributed by atoms with Gasteiger partial charge in [0.05, 0.1) is 0 Å². The van der Waals surface area contributed by atoms with Gasteiger partial charge in [0.1, 0.15) is 5.84 Å². The molecule has 0 aliphatic heterocycles. The summed E-state index contributed by atoms with van der Waals surface area (Å²) in [6, 6.07) is 6.92. The van der Waals surface area contributed by atoms with Crippen molar-refractivity contribution in [3.05, 3.63) is 50.3 Å². The Hall–Kier alpha value is -1.60. The molecule has 21 heavy (non-hydrogen) atoms. The highest BCUT2D eigenvalue weighted by atomic mass is 79.9. The van der Waals surface area contributed by atoms with E-state index in [2.05, 4.69) is 25.9 Å². The summed E-state index contributed by atoms with van der Waals surface area (Å²) in [6.07, 6.45) is 1.72. The second-order valence-corrected chi connectivity index (χ2v) is 6.34. The number of amidine groups is 1. The third-order valence-electron chi connectivity index (χ3n) is 2.73. The molecule has 0 aliphatic rings. The Kier molecular flexibility index (Phi) is 5.19. The molecule has 0 atom stereocenters. The first-order chi connectivity index (χ1) is 9.99.